The van der Waals surface area contributed by atoms with Crippen LogP contribution in [0.4, 0.5) is 11.4 Å². The van der Waals surface area contributed by atoms with Gasteiger partial charge in [0.05, 0.1) is 16.2 Å². The molecule has 1 aliphatic heterocycles. The molecule has 35 heavy (non-hydrogen) atoms. The number of nitriles is 1. The summed E-state index contributed by atoms with van der Waals surface area (Å²) in [7, 11) is 4.15. The number of benzene rings is 3. The fraction of sp³-hybridized carbons (Fsp3) is 0.259. The van der Waals surface area contributed by atoms with Crippen molar-refractivity contribution in [3.63, 3.8) is 0 Å². The van der Waals surface area contributed by atoms with E-state index in [0.29, 0.717) is 22.7 Å². The van der Waals surface area contributed by atoms with E-state index in [1.807, 2.05) is 37.3 Å². The van der Waals surface area contributed by atoms with Crippen LogP contribution in [0.25, 0.3) is 33.7 Å². The van der Waals surface area contributed by atoms with Crippen LogP contribution < -0.4 is 4.90 Å². The van der Waals surface area contributed by atoms with E-state index in [-0.39, 0.29) is 17.1 Å². The zero-order valence-electron chi connectivity index (χ0n) is 19.9. The van der Waals surface area contributed by atoms with Crippen LogP contribution in [-0.2, 0) is 0 Å². The van der Waals surface area contributed by atoms with Gasteiger partial charge in [0.1, 0.15) is 17.1 Å². The molecule has 1 unspecified atom stereocenters. The molecule has 0 bridgehead atoms. The maximum absolute atomic E-state index is 11.7. The number of oxazole rings is 1. The molecule has 5 rings (SSSR count). The number of rotatable bonds is 5. The Morgan fingerprint density at radius 1 is 1.17 bits per heavy atom. The summed E-state index contributed by atoms with van der Waals surface area (Å²) in [5, 5.41) is 21.8. The molecule has 1 aromatic heterocycles. The number of anilines is 1. The molecule has 4 aromatic rings. The van der Waals surface area contributed by atoms with E-state index >= 15 is 0 Å². The molecule has 0 saturated carbocycles. The molecule has 3 aromatic carbocycles. The minimum Gasteiger partial charge on any atom is -0.434 e. The second kappa shape index (κ2) is 8.85. The van der Waals surface area contributed by atoms with Crippen LogP contribution in [0, 0.1) is 28.4 Å². The number of nitrogens with zero attached hydrogens (tertiary/aromatic N) is 5. The average molecular weight is 468 g/mol. The largest absolute Gasteiger partial charge is 0.434 e. The molecule has 1 fully saturated rings. The van der Waals surface area contributed by atoms with Gasteiger partial charge in [0.25, 0.3) is 5.69 Å². The molecule has 2 heterocycles. The second-order valence-electron chi connectivity index (χ2n) is 9.02. The third-order valence-electron chi connectivity index (χ3n) is 6.78. The van der Waals surface area contributed by atoms with Crippen LogP contribution in [0.1, 0.15) is 17.5 Å². The summed E-state index contributed by atoms with van der Waals surface area (Å²) in [5.74, 6) is 0.137. The SMILES string of the molecule is Cc1c(-c2ccccc2)c(N2CCC(N(C)C)C2)c2oc(-c3ccccc3[N+](=O)[O-])nc2c1C#N. The average Bonchev–Trinajstić information content (AvgIpc) is 3.52. The summed E-state index contributed by atoms with van der Waals surface area (Å²) in [6.45, 7) is 3.56. The molecule has 0 spiro atoms. The van der Waals surface area contributed by atoms with Gasteiger partial charge in [0.15, 0.2) is 5.58 Å². The highest BCUT2D eigenvalue weighted by molar-refractivity contribution is 6.03. The Balaban J connectivity index is 1.83. The summed E-state index contributed by atoms with van der Waals surface area (Å²) >= 11 is 0. The molecule has 8 nitrogen and oxygen atoms in total. The number of para-hydroxylation sites is 1. The standard InChI is InChI=1S/C27H25N5O3/c1-17-21(15-28)24-26(35-27(29-24)20-11-7-8-12-22(20)32(33)34)25(23(17)18-9-5-4-6-10-18)31-14-13-19(16-31)30(2)3/h4-12,19H,13-14,16H2,1-3H3. The number of likely N-dealkylation sites (N-methyl/N-ethyl adjacent to an activating group) is 1. The summed E-state index contributed by atoms with van der Waals surface area (Å²) in [4.78, 5) is 20.4. The Labute approximate surface area is 203 Å². The lowest BCUT2D eigenvalue weighted by molar-refractivity contribution is -0.384. The highest BCUT2D eigenvalue weighted by Gasteiger charge is 2.32. The molecule has 1 aliphatic rings. The molecular weight excluding hydrogens is 442 g/mol. The molecule has 0 N–H and O–H groups in total. The Hall–Kier alpha value is -4.22. The van der Waals surface area contributed by atoms with Crippen LogP contribution in [0.3, 0.4) is 0 Å². The topological polar surface area (TPSA) is 99.4 Å². The van der Waals surface area contributed by atoms with Crippen molar-refractivity contribution >= 4 is 22.5 Å². The van der Waals surface area contributed by atoms with E-state index in [0.717, 1.165) is 41.9 Å². The Bertz CT molecular complexity index is 1470. The summed E-state index contributed by atoms with van der Waals surface area (Å²) in [6, 6.07) is 19.0. The number of aromatic nitrogens is 1. The summed E-state index contributed by atoms with van der Waals surface area (Å²) < 4.78 is 6.32. The van der Waals surface area contributed by atoms with Gasteiger partial charge in [0.2, 0.25) is 5.89 Å². The van der Waals surface area contributed by atoms with E-state index < -0.39 is 4.92 Å². The van der Waals surface area contributed by atoms with Crippen molar-refractivity contribution in [3.05, 3.63) is 75.8 Å². The first-order chi connectivity index (χ1) is 16.9. The molecule has 0 amide bonds. The summed E-state index contributed by atoms with van der Waals surface area (Å²) in [5.41, 5.74) is 5.14. The molecule has 176 valence electrons. The van der Waals surface area contributed by atoms with Crippen molar-refractivity contribution in [3.8, 4) is 28.7 Å². The van der Waals surface area contributed by atoms with Crippen LogP contribution >= 0.6 is 0 Å². The quantitative estimate of drug-likeness (QED) is 0.286. The maximum atomic E-state index is 11.7. The van der Waals surface area contributed by atoms with E-state index in [4.69, 9.17) is 4.42 Å². The van der Waals surface area contributed by atoms with E-state index in [1.54, 1.807) is 18.2 Å². The fourth-order valence-electron chi connectivity index (χ4n) is 4.94. The molecule has 8 heteroatoms. The van der Waals surface area contributed by atoms with E-state index in [9.17, 15) is 15.4 Å². The van der Waals surface area contributed by atoms with Gasteiger partial charge >= 0.3 is 0 Å². The zero-order chi connectivity index (χ0) is 24.7. The lowest BCUT2D eigenvalue weighted by atomic mass is 9.93. The minimum absolute atomic E-state index is 0.0898. The molecule has 0 radical (unpaired) electrons. The van der Waals surface area contributed by atoms with Gasteiger partial charge < -0.3 is 14.2 Å². The minimum atomic E-state index is -0.445. The third-order valence-corrected chi connectivity index (χ3v) is 6.78. The predicted octanol–water partition coefficient (Wildman–Crippen LogP) is 5.39. The van der Waals surface area contributed by atoms with E-state index in [2.05, 4.69) is 34.9 Å². The molecular formula is C27H25N5O3. The lowest BCUT2D eigenvalue weighted by Crippen LogP contribution is -2.31. The molecule has 1 atom stereocenters. The molecule has 0 aliphatic carbocycles. The lowest BCUT2D eigenvalue weighted by Gasteiger charge is -2.25. The van der Waals surface area contributed by atoms with Crippen molar-refractivity contribution < 1.29 is 9.34 Å². The van der Waals surface area contributed by atoms with Gasteiger partial charge in [-0.1, -0.05) is 42.5 Å². The zero-order valence-corrected chi connectivity index (χ0v) is 19.9. The third kappa shape index (κ3) is 3.80. The number of nitro groups is 1. The molecule has 1 saturated heterocycles. The number of fused-ring (bicyclic) bond motifs is 1. The van der Waals surface area contributed by atoms with Gasteiger partial charge in [-0.15, -0.1) is 0 Å². The number of nitro benzene ring substituents is 1. The van der Waals surface area contributed by atoms with Crippen LogP contribution in [0.2, 0.25) is 0 Å². The van der Waals surface area contributed by atoms with Crippen LogP contribution in [-0.4, -0.2) is 48.0 Å². The van der Waals surface area contributed by atoms with Gasteiger partial charge in [-0.2, -0.15) is 5.26 Å². The van der Waals surface area contributed by atoms with E-state index in [1.165, 1.54) is 6.07 Å². The first-order valence-electron chi connectivity index (χ1n) is 11.5. The Morgan fingerprint density at radius 2 is 1.89 bits per heavy atom. The number of hydrogen-bond donors (Lipinski definition) is 0. The highest BCUT2D eigenvalue weighted by atomic mass is 16.6. The maximum Gasteiger partial charge on any atom is 0.282 e. The van der Waals surface area contributed by atoms with Crippen molar-refractivity contribution in [1.82, 2.24) is 9.88 Å². The Kier molecular flexibility index (Phi) is 5.71. The van der Waals surface area contributed by atoms with Crippen LogP contribution in [0.5, 0.6) is 0 Å². The van der Waals surface area contributed by atoms with Gasteiger partial charge in [0, 0.05) is 30.8 Å². The smallest absolute Gasteiger partial charge is 0.282 e. The van der Waals surface area contributed by atoms with Crippen LogP contribution in [0.15, 0.2) is 59.0 Å². The van der Waals surface area contributed by atoms with Gasteiger partial charge in [-0.05, 0) is 44.6 Å². The first kappa shape index (κ1) is 22.6. The normalized spacial score (nSPS) is 15.6. The van der Waals surface area contributed by atoms with Crippen molar-refractivity contribution in [1.29, 1.82) is 5.26 Å². The van der Waals surface area contributed by atoms with Crippen molar-refractivity contribution in [2.45, 2.75) is 19.4 Å². The first-order valence-corrected chi connectivity index (χ1v) is 11.5. The van der Waals surface area contributed by atoms with Gasteiger partial charge in [-0.25, -0.2) is 4.98 Å². The highest BCUT2D eigenvalue weighted by Crippen LogP contribution is 2.45. The Morgan fingerprint density at radius 3 is 2.54 bits per heavy atom. The summed E-state index contributed by atoms with van der Waals surface area (Å²) in [6.07, 6.45) is 0.993. The second-order valence-corrected chi connectivity index (χ2v) is 9.02. The number of hydrogen-bond acceptors (Lipinski definition) is 7. The predicted molar refractivity (Wildman–Crippen MR) is 135 cm³/mol. The van der Waals surface area contributed by atoms with Crippen molar-refractivity contribution in [2.24, 2.45) is 0 Å². The fourth-order valence-corrected chi connectivity index (χ4v) is 4.94. The monoisotopic (exact) mass is 467 g/mol. The van der Waals surface area contributed by atoms with Crippen molar-refractivity contribution in [2.75, 3.05) is 32.1 Å². The van der Waals surface area contributed by atoms with Gasteiger partial charge in [-0.3, -0.25) is 10.1 Å².